The molecule has 0 aliphatic carbocycles. The summed E-state index contributed by atoms with van der Waals surface area (Å²) in [5.74, 6) is -1.94. The van der Waals surface area contributed by atoms with E-state index in [9.17, 15) is 18.4 Å². The zero-order chi connectivity index (χ0) is 18.8. The summed E-state index contributed by atoms with van der Waals surface area (Å²) < 4.78 is 28.2. The van der Waals surface area contributed by atoms with E-state index in [2.05, 4.69) is 15.6 Å². The molecule has 1 saturated heterocycles. The predicted molar refractivity (Wildman–Crippen MR) is 88.3 cm³/mol. The molecule has 1 N–H and O–H groups in total. The molecule has 1 fully saturated rings. The van der Waals surface area contributed by atoms with Crippen LogP contribution in [0.4, 0.5) is 8.78 Å². The minimum Gasteiger partial charge on any atom is -0.357 e. The van der Waals surface area contributed by atoms with Crippen LogP contribution in [0, 0.1) is 18.6 Å². The molecular weight excluding hydrogens is 344 g/mol. The standard InChI is InChI=1S/C17H19F2N5O2/c1-10-15(17(26)23-7-3-4-14(23)16(25)20-2)21-22-24(10)9-11-5-6-12(18)8-13(11)19/h5-6,8,14H,3-4,7,9H2,1-2H3,(H,20,25)/t14-/m1/s1. The third-order valence-corrected chi connectivity index (χ3v) is 4.58. The van der Waals surface area contributed by atoms with Crippen LogP contribution >= 0.6 is 0 Å². The molecule has 9 heteroatoms. The monoisotopic (exact) mass is 363 g/mol. The Bertz CT molecular complexity index is 852. The lowest BCUT2D eigenvalue weighted by molar-refractivity contribution is -0.124. The van der Waals surface area contributed by atoms with Gasteiger partial charge in [0.2, 0.25) is 5.91 Å². The summed E-state index contributed by atoms with van der Waals surface area (Å²) in [7, 11) is 1.53. The Balaban J connectivity index is 1.82. The first-order valence-corrected chi connectivity index (χ1v) is 8.29. The number of aromatic nitrogens is 3. The maximum Gasteiger partial charge on any atom is 0.277 e. The molecule has 1 aliphatic heterocycles. The maximum absolute atomic E-state index is 13.8. The maximum atomic E-state index is 13.8. The van der Waals surface area contributed by atoms with E-state index < -0.39 is 17.7 Å². The van der Waals surface area contributed by atoms with Crippen LogP contribution in [0.25, 0.3) is 0 Å². The Morgan fingerprint density at radius 2 is 2.12 bits per heavy atom. The molecule has 1 aromatic carbocycles. The van der Waals surface area contributed by atoms with E-state index in [0.29, 0.717) is 18.7 Å². The molecule has 0 unspecified atom stereocenters. The van der Waals surface area contributed by atoms with Crippen molar-refractivity contribution in [1.29, 1.82) is 0 Å². The van der Waals surface area contributed by atoms with Crippen LogP contribution in [0.2, 0.25) is 0 Å². The zero-order valence-corrected chi connectivity index (χ0v) is 14.5. The average Bonchev–Trinajstić information content (AvgIpc) is 3.24. The van der Waals surface area contributed by atoms with E-state index in [4.69, 9.17) is 0 Å². The number of halogens is 2. The molecule has 0 bridgehead atoms. The molecule has 2 amide bonds. The van der Waals surface area contributed by atoms with Gasteiger partial charge in [-0.3, -0.25) is 9.59 Å². The fourth-order valence-corrected chi connectivity index (χ4v) is 3.10. The van der Waals surface area contributed by atoms with Gasteiger partial charge in [0, 0.05) is 25.2 Å². The summed E-state index contributed by atoms with van der Waals surface area (Å²) in [6, 6.07) is 2.77. The van der Waals surface area contributed by atoms with Gasteiger partial charge in [0.1, 0.15) is 17.7 Å². The number of hydrogen-bond donors (Lipinski definition) is 1. The zero-order valence-electron chi connectivity index (χ0n) is 14.5. The summed E-state index contributed by atoms with van der Waals surface area (Å²) in [6.07, 6.45) is 1.33. The largest absolute Gasteiger partial charge is 0.357 e. The lowest BCUT2D eigenvalue weighted by Crippen LogP contribution is -2.45. The van der Waals surface area contributed by atoms with Gasteiger partial charge in [-0.1, -0.05) is 11.3 Å². The van der Waals surface area contributed by atoms with Crippen LogP contribution < -0.4 is 5.32 Å². The minimum atomic E-state index is -0.688. The lowest BCUT2D eigenvalue weighted by Gasteiger charge is -2.22. The first kappa shape index (κ1) is 18.0. The highest BCUT2D eigenvalue weighted by molar-refractivity contribution is 5.97. The highest BCUT2D eigenvalue weighted by Crippen LogP contribution is 2.21. The second-order valence-electron chi connectivity index (χ2n) is 6.19. The van der Waals surface area contributed by atoms with Gasteiger partial charge < -0.3 is 10.2 Å². The fraction of sp³-hybridized carbons (Fsp3) is 0.412. The summed E-state index contributed by atoms with van der Waals surface area (Å²) in [4.78, 5) is 26.2. The Morgan fingerprint density at radius 3 is 2.81 bits per heavy atom. The Hall–Kier alpha value is -2.84. The molecule has 3 rings (SSSR count). The van der Waals surface area contributed by atoms with E-state index >= 15 is 0 Å². The van der Waals surface area contributed by atoms with Crippen LogP contribution in [0.3, 0.4) is 0 Å². The molecule has 1 aromatic heterocycles. The molecule has 1 aliphatic rings. The van der Waals surface area contributed by atoms with Crippen LogP contribution in [0.5, 0.6) is 0 Å². The molecule has 7 nitrogen and oxygen atoms in total. The van der Waals surface area contributed by atoms with Crippen molar-refractivity contribution in [3.63, 3.8) is 0 Å². The minimum absolute atomic E-state index is 0.0249. The molecule has 2 aromatic rings. The predicted octanol–water partition coefficient (Wildman–Crippen LogP) is 1.26. The lowest BCUT2D eigenvalue weighted by atomic mass is 10.2. The van der Waals surface area contributed by atoms with Gasteiger partial charge in [0.15, 0.2) is 5.69 Å². The van der Waals surface area contributed by atoms with Crippen molar-refractivity contribution in [3.8, 4) is 0 Å². The molecule has 0 saturated carbocycles. The molecule has 26 heavy (non-hydrogen) atoms. The van der Waals surface area contributed by atoms with Crippen LogP contribution in [-0.4, -0.2) is 51.3 Å². The van der Waals surface area contributed by atoms with E-state index in [1.807, 2.05) is 0 Å². The van der Waals surface area contributed by atoms with E-state index in [1.165, 1.54) is 22.7 Å². The quantitative estimate of drug-likeness (QED) is 0.887. The van der Waals surface area contributed by atoms with Crippen molar-refractivity contribution in [3.05, 3.63) is 46.8 Å². The van der Waals surface area contributed by atoms with Crippen molar-refractivity contribution in [2.24, 2.45) is 0 Å². The number of amides is 2. The van der Waals surface area contributed by atoms with E-state index in [-0.39, 0.29) is 29.6 Å². The van der Waals surface area contributed by atoms with Gasteiger partial charge in [0.05, 0.1) is 12.2 Å². The third-order valence-electron chi connectivity index (χ3n) is 4.58. The molecular formula is C17H19F2N5O2. The summed E-state index contributed by atoms with van der Waals surface area (Å²) >= 11 is 0. The summed E-state index contributed by atoms with van der Waals surface area (Å²) in [5.41, 5.74) is 0.826. The number of likely N-dealkylation sites (N-methyl/N-ethyl adjacent to an activating group) is 1. The van der Waals surface area contributed by atoms with Crippen LogP contribution in [-0.2, 0) is 11.3 Å². The normalized spacial score (nSPS) is 16.8. The molecule has 0 radical (unpaired) electrons. The Kier molecular flexibility index (Phi) is 4.97. The van der Waals surface area contributed by atoms with E-state index in [0.717, 1.165) is 18.6 Å². The first-order valence-electron chi connectivity index (χ1n) is 8.29. The van der Waals surface area contributed by atoms with Gasteiger partial charge in [-0.15, -0.1) is 5.10 Å². The average molecular weight is 363 g/mol. The number of nitrogens with one attached hydrogen (secondary N) is 1. The molecule has 0 spiro atoms. The van der Waals surface area contributed by atoms with Crippen molar-refractivity contribution >= 4 is 11.8 Å². The van der Waals surface area contributed by atoms with Crippen LogP contribution in [0.1, 0.15) is 34.6 Å². The summed E-state index contributed by atoms with van der Waals surface area (Å²) in [6.45, 7) is 2.15. The van der Waals surface area contributed by atoms with Gasteiger partial charge >= 0.3 is 0 Å². The van der Waals surface area contributed by atoms with Crippen molar-refractivity contribution in [2.45, 2.75) is 32.4 Å². The third kappa shape index (κ3) is 3.29. The number of rotatable bonds is 4. The number of carbonyl (C=O) groups is 2. The first-order chi connectivity index (χ1) is 12.4. The van der Waals surface area contributed by atoms with Gasteiger partial charge in [-0.2, -0.15) is 0 Å². The number of likely N-dealkylation sites (tertiary alicyclic amines) is 1. The highest BCUT2D eigenvalue weighted by Gasteiger charge is 2.36. The van der Waals surface area contributed by atoms with E-state index in [1.54, 1.807) is 6.92 Å². The second kappa shape index (κ2) is 7.19. The fourth-order valence-electron chi connectivity index (χ4n) is 3.10. The molecule has 138 valence electrons. The van der Waals surface area contributed by atoms with Crippen molar-refractivity contribution < 1.29 is 18.4 Å². The van der Waals surface area contributed by atoms with Gasteiger partial charge in [-0.05, 0) is 25.8 Å². The highest BCUT2D eigenvalue weighted by atomic mass is 19.1. The molecule has 1 atom stereocenters. The number of carbonyl (C=O) groups excluding carboxylic acids is 2. The second-order valence-corrected chi connectivity index (χ2v) is 6.19. The topological polar surface area (TPSA) is 80.1 Å². The number of hydrogen-bond acceptors (Lipinski definition) is 4. The Morgan fingerprint density at radius 1 is 1.35 bits per heavy atom. The Labute approximate surface area is 149 Å². The van der Waals surface area contributed by atoms with Gasteiger partial charge in [0.25, 0.3) is 5.91 Å². The SMILES string of the molecule is CNC(=O)[C@H]1CCCN1C(=O)c1nnn(Cc2ccc(F)cc2F)c1C. The van der Waals surface area contributed by atoms with Crippen molar-refractivity contribution in [1.82, 2.24) is 25.2 Å². The van der Waals surface area contributed by atoms with Crippen LogP contribution in [0.15, 0.2) is 18.2 Å². The van der Waals surface area contributed by atoms with Gasteiger partial charge in [-0.25, -0.2) is 13.5 Å². The number of benzene rings is 1. The molecule has 2 heterocycles. The number of nitrogens with zero attached hydrogens (tertiary/aromatic N) is 4. The smallest absolute Gasteiger partial charge is 0.277 e. The van der Waals surface area contributed by atoms with Crippen molar-refractivity contribution in [2.75, 3.05) is 13.6 Å². The summed E-state index contributed by atoms with van der Waals surface area (Å²) in [5, 5.41) is 10.4.